The van der Waals surface area contributed by atoms with E-state index < -0.39 is 0 Å². The normalized spacial score (nSPS) is 16.6. The van der Waals surface area contributed by atoms with Crippen molar-refractivity contribution < 1.29 is 19.5 Å². The molecule has 2 N–H and O–H groups in total. The van der Waals surface area contributed by atoms with E-state index in [4.69, 9.17) is 9.94 Å². The van der Waals surface area contributed by atoms with Gasteiger partial charge in [-0.15, -0.1) is 0 Å². The lowest BCUT2D eigenvalue weighted by Gasteiger charge is -2.26. The molecule has 30 heavy (non-hydrogen) atoms. The molecule has 0 atom stereocenters. The molecule has 1 heterocycles. The Morgan fingerprint density at radius 3 is 2.60 bits per heavy atom. The Labute approximate surface area is 176 Å². The minimum Gasteiger partial charge on any atom is -0.379 e. The molecule has 1 aliphatic carbocycles. The Balaban J connectivity index is 1.50. The molecule has 7 heteroatoms. The van der Waals surface area contributed by atoms with Crippen LogP contribution < -0.4 is 5.32 Å². The maximum atomic E-state index is 12.1. The second-order valence-electron chi connectivity index (χ2n) is 7.24. The first-order valence-electron chi connectivity index (χ1n) is 10.1. The van der Waals surface area contributed by atoms with Gasteiger partial charge in [-0.2, -0.15) is 0 Å². The molecule has 1 aliphatic heterocycles. The maximum absolute atomic E-state index is 12.1. The summed E-state index contributed by atoms with van der Waals surface area (Å²) in [5.74, 6) is 6.20. The zero-order chi connectivity index (χ0) is 21.2. The second kappa shape index (κ2) is 11.3. The smallest absolute Gasteiger partial charge is 0.247 e. The van der Waals surface area contributed by atoms with Gasteiger partial charge < -0.3 is 10.1 Å². The minimum absolute atomic E-state index is 0.0559. The number of morpholine rings is 1. The molecule has 1 aromatic rings. The summed E-state index contributed by atoms with van der Waals surface area (Å²) in [6.45, 7) is 4.74. The molecule has 3 rings (SSSR count). The molecule has 2 aliphatic rings. The first-order chi connectivity index (χ1) is 14.6. The Morgan fingerprint density at radius 2 is 1.93 bits per heavy atom. The van der Waals surface area contributed by atoms with E-state index in [1.807, 2.05) is 18.2 Å². The van der Waals surface area contributed by atoms with E-state index in [0.29, 0.717) is 29.9 Å². The quantitative estimate of drug-likeness (QED) is 0.309. The Kier molecular flexibility index (Phi) is 8.21. The van der Waals surface area contributed by atoms with Crippen LogP contribution in [-0.4, -0.2) is 66.9 Å². The van der Waals surface area contributed by atoms with Crippen LogP contribution in [0.2, 0.25) is 0 Å². The van der Waals surface area contributed by atoms with Gasteiger partial charge in [0, 0.05) is 42.9 Å². The largest absolute Gasteiger partial charge is 0.379 e. The number of benzene rings is 1. The van der Waals surface area contributed by atoms with Crippen molar-refractivity contribution in [2.24, 2.45) is 0 Å². The van der Waals surface area contributed by atoms with Crippen molar-refractivity contribution in [3.05, 3.63) is 58.7 Å². The molecule has 0 bridgehead atoms. The van der Waals surface area contributed by atoms with Gasteiger partial charge in [0.15, 0.2) is 0 Å². The maximum Gasteiger partial charge on any atom is 0.247 e. The van der Waals surface area contributed by atoms with Crippen LogP contribution in [0.1, 0.15) is 24.0 Å². The highest BCUT2D eigenvalue weighted by molar-refractivity contribution is 5.94. The molecule has 0 unspecified atom stereocenters. The molecule has 7 nitrogen and oxygen atoms in total. The molecule has 1 saturated heterocycles. The number of nitrogens with zero attached hydrogens (tertiary/aromatic N) is 2. The van der Waals surface area contributed by atoms with Crippen molar-refractivity contribution in [1.29, 1.82) is 0 Å². The zero-order valence-corrected chi connectivity index (χ0v) is 17.0. The molecular formula is C23H27N3O4. The molecule has 1 fully saturated rings. The third kappa shape index (κ3) is 6.85. The van der Waals surface area contributed by atoms with E-state index in [-0.39, 0.29) is 19.0 Å². The van der Waals surface area contributed by atoms with Gasteiger partial charge in [0.2, 0.25) is 12.3 Å². The molecule has 0 aromatic heterocycles. The van der Waals surface area contributed by atoms with Crippen molar-refractivity contribution in [3.63, 3.8) is 0 Å². The highest BCUT2D eigenvalue weighted by Crippen LogP contribution is 2.18. The van der Waals surface area contributed by atoms with Crippen LogP contribution in [0.4, 0.5) is 0 Å². The van der Waals surface area contributed by atoms with Crippen LogP contribution in [0, 0.1) is 11.8 Å². The number of hydrogen-bond donors (Lipinski definition) is 2. The third-order valence-corrected chi connectivity index (χ3v) is 5.02. The van der Waals surface area contributed by atoms with Crippen LogP contribution in [0.5, 0.6) is 0 Å². The first-order valence-corrected chi connectivity index (χ1v) is 10.1. The van der Waals surface area contributed by atoms with Crippen LogP contribution in [0.15, 0.2) is 47.6 Å². The summed E-state index contributed by atoms with van der Waals surface area (Å²) in [6.07, 6.45) is 5.28. The Bertz CT molecular complexity index is 859. The lowest BCUT2D eigenvalue weighted by Crippen LogP contribution is -2.35. The minimum atomic E-state index is -0.187. The van der Waals surface area contributed by atoms with Crippen molar-refractivity contribution in [1.82, 2.24) is 15.3 Å². The molecule has 2 amide bonds. The van der Waals surface area contributed by atoms with Crippen LogP contribution in [0.25, 0.3) is 0 Å². The van der Waals surface area contributed by atoms with Gasteiger partial charge >= 0.3 is 0 Å². The fourth-order valence-corrected chi connectivity index (χ4v) is 3.24. The van der Waals surface area contributed by atoms with Gasteiger partial charge in [-0.25, -0.2) is 5.06 Å². The molecule has 0 saturated carbocycles. The highest BCUT2D eigenvalue weighted by atomic mass is 16.5. The summed E-state index contributed by atoms with van der Waals surface area (Å²) in [7, 11) is 0. The van der Waals surface area contributed by atoms with E-state index in [0.717, 1.165) is 44.0 Å². The topological polar surface area (TPSA) is 82.1 Å². The molecule has 0 radical (unpaired) electrons. The monoisotopic (exact) mass is 409 g/mol. The summed E-state index contributed by atoms with van der Waals surface area (Å²) in [4.78, 5) is 24.8. The average Bonchev–Trinajstić information content (AvgIpc) is 2.79. The van der Waals surface area contributed by atoms with Gasteiger partial charge in [0.1, 0.15) is 0 Å². The SMILES string of the molecule is O=CN(O)CCNC(=O)C1=CC=C(C#Cc2ccc(CN3CCOCC3)cc2)CC1. The zero-order valence-electron chi connectivity index (χ0n) is 17.0. The number of hydroxylamine groups is 2. The van der Waals surface area contributed by atoms with Crippen molar-refractivity contribution >= 4 is 12.3 Å². The summed E-state index contributed by atoms with van der Waals surface area (Å²) in [5.41, 5.74) is 3.91. The predicted octanol–water partition coefficient (Wildman–Crippen LogP) is 1.48. The molecule has 1 aromatic carbocycles. The molecule has 0 spiro atoms. The second-order valence-corrected chi connectivity index (χ2v) is 7.24. The van der Waals surface area contributed by atoms with Crippen molar-refractivity contribution in [2.75, 3.05) is 39.4 Å². The Hall–Kier alpha value is -2.92. The van der Waals surface area contributed by atoms with Crippen LogP contribution >= 0.6 is 0 Å². The number of hydrogen-bond acceptors (Lipinski definition) is 5. The molecular weight excluding hydrogens is 382 g/mol. The van der Waals surface area contributed by atoms with E-state index >= 15 is 0 Å². The van der Waals surface area contributed by atoms with Crippen molar-refractivity contribution in [3.8, 4) is 11.8 Å². The van der Waals surface area contributed by atoms with Gasteiger partial charge in [-0.1, -0.05) is 36.1 Å². The van der Waals surface area contributed by atoms with Crippen molar-refractivity contribution in [2.45, 2.75) is 19.4 Å². The number of nitrogens with one attached hydrogen (secondary N) is 1. The number of carbonyl (C=O) groups excluding carboxylic acids is 2. The van der Waals surface area contributed by atoms with E-state index in [1.54, 1.807) is 6.08 Å². The lowest BCUT2D eigenvalue weighted by molar-refractivity contribution is -0.149. The standard InChI is InChI=1S/C23H27N3O4/c27-18-26(29)12-11-24-23(28)22-9-7-20(8-10-22)2-1-19-3-5-21(6-4-19)17-25-13-15-30-16-14-25/h3-7,9,18,29H,8,10-17H2,(H,24,28). The summed E-state index contributed by atoms with van der Waals surface area (Å²) in [6, 6.07) is 8.33. The van der Waals surface area contributed by atoms with Gasteiger partial charge in [-0.3, -0.25) is 19.7 Å². The summed E-state index contributed by atoms with van der Waals surface area (Å²) < 4.78 is 5.38. The summed E-state index contributed by atoms with van der Waals surface area (Å²) >= 11 is 0. The van der Waals surface area contributed by atoms with E-state index in [9.17, 15) is 9.59 Å². The van der Waals surface area contributed by atoms with Crippen LogP contribution in [0.3, 0.4) is 0 Å². The number of rotatable bonds is 7. The summed E-state index contributed by atoms with van der Waals surface area (Å²) in [5, 5.41) is 12.2. The predicted molar refractivity (Wildman–Crippen MR) is 112 cm³/mol. The van der Waals surface area contributed by atoms with Crippen LogP contribution in [-0.2, 0) is 20.9 Å². The van der Waals surface area contributed by atoms with Gasteiger partial charge in [0.25, 0.3) is 0 Å². The lowest BCUT2D eigenvalue weighted by atomic mass is 9.98. The Morgan fingerprint density at radius 1 is 1.17 bits per heavy atom. The molecule has 158 valence electrons. The fourth-order valence-electron chi connectivity index (χ4n) is 3.24. The highest BCUT2D eigenvalue weighted by Gasteiger charge is 2.13. The third-order valence-electron chi connectivity index (χ3n) is 5.02. The number of carbonyl (C=O) groups is 2. The van der Waals surface area contributed by atoms with E-state index in [1.165, 1.54) is 5.56 Å². The average molecular weight is 409 g/mol. The fraction of sp³-hybridized carbons (Fsp3) is 0.391. The van der Waals surface area contributed by atoms with Gasteiger partial charge in [0.05, 0.1) is 19.8 Å². The van der Waals surface area contributed by atoms with E-state index in [2.05, 4.69) is 34.2 Å². The first kappa shape index (κ1) is 21.8. The number of amides is 2. The van der Waals surface area contributed by atoms with Gasteiger partial charge in [-0.05, 0) is 30.5 Å². The number of allylic oxidation sites excluding steroid dienone is 3. The number of ether oxygens (including phenoxy) is 1.